The summed E-state index contributed by atoms with van der Waals surface area (Å²) in [6.07, 6.45) is 52.2. The monoisotopic (exact) mass is 839 g/mol. The van der Waals surface area contributed by atoms with Crippen LogP contribution in [0.1, 0.15) is 149 Å². The summed E-state index contributed by atoms with van der Waals surface area (Å²) in [6.45, 7) is 4.62. The van der Waals surface area contributed by atoms with Crippen LogP contribution in [0.3, 0.4) is 0 Å². The third kappa shape index (κ3) is 42.3. The summed E-state index contributed by atoms with van der Waals surface area (Å²) >= 11 is 0. The van der Waals surface area contributed by atoms with Crippen molar-refractivity contribution in [2.45, 2.75) is 161 Å². The van der Waals surface area contributed by atoms with E-state index >= 15 is 0 Å². The SMILES string of the molecule is CC/C=C\C/C=C\C/C=C\C/C=C\C/C=C\C/C=C\C/C=C\C/C=C\CCCCCCC(=O)OC(COC(=O)CCCCCCCC)COC(OCC[N+](C)(C)C)C(=O)O. The summed E-state index contributed by atoms with van der Waals surface area (Å²) in [5, 5.41) is 9.59. The van der Waals surface area contributed by atoms with Gasteiger partial charge >= 0.3 is 17.9 Å². The van der Waals surface area contributed by atoms with E-state index in [9.17, 15) is 19.5 Å². The molecule has 0 aliphatic carbocycles. The van der Waals surface area contributed by atoms with Crippen LogP contribution in [0, 0.1) is 0 Å². The molecule has 9 heteroatoms. The lowest BCUT2D eigenvalue weighted by Gasteiger charge is -2.25. The molecule has 2 atom stereocenters. The van der Waals surface area contributed by atoms with E-state index in [4.69, 9.17) is 18.9 Å². The van der Waals surface area contributed by atoms with Crippen molar-refractivity contribution in [1.29, 1.82) is 0 Å². The smallest absolute Gasteiger partial charge is 0.361 e. The maximum absolute atomic E-state index is 12.7. The van der Waals surface area contributed by atoms with Crippen LogP contribution in [0.25, 0.3) is 0 Å². The Labute approximate surface area is 365 Å². The number of carboxylic acids is 1. The van der Waals surface area contributed by atoms with Crippen LogP contribution in [0.4, 0.5) is 0 Å². The van der Waals surface area contributed by atoms with Gasteiger partial charge in [-0.2, -0.15) is 0 Å². The molecule has 0 saturated heterocycles. The molecule has 0 amide bonds. The minimum Gasteiger partial charge on any atom is -0.477 e. The maximum atomic E-state index is 12.7. The second kappa shape index (κ2) is 41.9. The lowest BCUT2D eigenvalue weighted by atomic mass is 10.1. The third-order valence-electron chi connectivity index (χ3n) is 9.11. The maximum Gasteiger partial charge on any atom is 0.361 e. The Balaban J connectivity index is 4.29. The molecule has 0 rings (SSSR count). The molecule has 0 spiro atoms. The first-order valence-corrected chi connectivity index (χ1v) is 22.9. The molecule has 9 nitrogen and oxygen atoms in total. The van der Waals surface area contributed by atoms with Gasteiger partial charge in [-0.1, -0.05) is 156 Å². The van der Waals surface area contributed by atoms with E-state index in [0.717, 1.165) is 109 Å². The predicted molar refractivity (Wildman–Crippen MR) is 248 cm³/mol. The molecule has 0 aromatic carbocycles. The Morgan fingerprint density at radius 2 is 0.950 bits per heavy atom. The number of nitrogens with zero attached hydrogens (tertiary/aromatic N) is 1. The molecular formula is C51H84NO8+. The normalized spacial score (nSPS) is 13.8. The van der Waals surface area contributed by atoms with Crippen molar-refractivity contribution in [2.24, 2.45) is 0 Å². The second-order valence-electron chi connectivity index (χ2n) is 16.0. The molecule has 0 fully saturated rings. The number of carbonyl (C=O) groups is 3. The van der Waals surface area contributed by atoms with Gasteiger partial charge in [0.05, 0.1) is 34.4 Å². The van der Waals surface area contributed by atoms with Crippen molar-refractivity contribution in [2.75, 3.05) is 47.5 Å². The van der Waals surface area contributed by atoms with Gasteiger partial charge in [0, 0.05) is 12.8 Å². The summed E-state index contributed by atoms with van der Waals surface area (Å²) in [4.78, 5) is 36.8. The van der Waals surface area contributed by atoms with Gasteiger partial charge in [-0.25, -0.2) is 4.79 Å². The lowest BCUT2D eigenvalue weighted by molar-refractivity contribution is -0.870. The number of rotatable bonds is 40. The van der Waals surface area contributed by atoms with E-state index in [0.29, 0.717) is 17.4 Å². The van der Waals surface area contributed by atoms with Gasteiger partial charge in [-0.15, -0.1) is 0 Å². The average Bonchev–Trinajstić information content (AvgIpc) is 3.21. The van der Waals surface area contributed by atoms with Crippen LogP contribution < -0.4 is 0 Å². The van der Waals surface area contributed by atoms with E-state index in [1.54, 1.807) is 0 Å². The number of aliphatic carboxylic acids is 1. The highest BCUT2D eigenvalue weighted by molar-refractivity contribution is 5.71. The molecule has 340 valence electrons. The summed E-state index contributed by atoms with van der Waals surface area (Å²) < 4.78 is 22.5. The Morgan fingerprint density at radius 3 is 1.42 bits per heavy atom. The van der Waals surface area contributed by atoms with Gasteiger partial charge in [0.2, 0.25) is 0 Å². The Bertz CT molecular complexity index is 1300. The fourth-order valence-corrected chi connectivity index (χ4v) is 5.55. The van der Waals surface area contributed by atoms with Crippen LogP contribution in [0.2, 0.25) is 0 Å². The molecule has 2 unspecified atom stereocenters. The van der Waals surface area contributed by atoms with E-state index in [1.165, 1.54) is 6.42 Å². The highest BCUT2D eigenvalue weighted by Crippen LogP contribution is 2.11. The minimum atomic E-state index is -1.52. The van der Waals surface area contributed by atoms with Crippen molar-refractivity contribution < 1.29 is 42.9 Å². The highest BCUT2D eigenvalue weighted by Gasteiger charge is 2.25. The zero-order chi connectivity index (χ0) is 44.2. The minimum absolute atomic E-state index is 0.177. The van der Waals surface area contributed by atoms with Crippen molar-refractivity contribution in [1.82, 2.24) is 0 Å². The summed E-state index contributed by atoms with van der Waals surface area (Å²) in [6, 6.07) is 0. The van der Waals surface area contributed by atoms with E-state index in [-0.39, 0.29) is 38.6 Å². The van der Waals surface area contributed by atoms with Gasteiger partial charge in [-0.05, 0) is 77.0 Å². The van der Waals surface area contributed by atoms with Crippen molar-refractivity contribution in [3.63, 3.8) is 0 Å². The van der Waals surface area contributed by atoms with Crippen molar-refractivity contribution >= 4 is 17.9 Å². The number of ether oxygens (including phenoxy) is 4. The Morgan fingerprint density at radius 1 is 0.517 bits per heavy atom. The predicted octanol–water partition coefficient (Wildman–Crippen LogP) is 12.3. The Kier molecular flexibility index (Phi) is 39.3. The highest BCUT2D eigenvalue weighted by atomic mass is 16.7. The number of hydrogen-bond donors (Lipinski definition) is 1. The van der Waals surface area contributed by atoms with E-state index in [2.05, 4.69) is 111 Å². The molecule has 0 aliphatic heterocycles. The quantitative estimate of drug-likeness (QED) is 0.0214. The zero-order valence-electron chi connectivity index (χ0n) is 38.3. The molecule has 60 heavy (non-hydrogen) atoms. The topological polar surface area (TPSA) is 108 Å². The number of allylic oxidation sites excluding steroid dienone is 16. The van der Waals surface area contributed by atoms with Crippen LogP contribution in [-0.2, 0) is 33.3 Å². The molecule has 0 radical (unpaired) electrons. The average molecular weight is 839 g/mol. The van der Waals surface area contributed by atoms with Gasteiger partial charge in [0.1, 0.15) is 13.2 Å². The fraction of sp³-hybridized carbons (Fsp3) is 0.627. The molecule has 0 heterocycles. The zero-order valence-corrected chi connectivity index (χ0v) is 38.3. The summed E-state index contributed by atoms with van der Waals surface area (Å²) in [5.41, 5.74) is 0. The number of unbranched alkanes of at least 4 members (excludes halogenated alkanes) is 9. The fourth-order valence-electron chi connectivity index (χ4n) is 5.55. The molecule has 0 aromatic rings. The summed E-state index contributed by atoms with van der Waals surface area (Å²) in [7, 11) is 5.92. The number of carboxylic acid groups (broad SMARTS) is 1. The Hall–Kier alpha value is -3.79. The van der Waals surface area contributed by atoms with E-state index < -0.39 is 24.3 Å². The first kappa shape index (κ1) is 56.2. The number of hydrogen-bond acceptors (Lipinski definition) is 7. The van der Waals surface area contributed by atoms with Gasteiger partial charge in [0.25, 0.3) is 6.29 Å². The van der Waals surface area contributed by atoms with Gasteiger partial charge in [-0.3, -0.25) is 9.59 Å². The van der Waals surface area contributed by atoms with Crippen LogP contribution in [-0.4, -0.2) is 87.4 Å². The first-order chi connectivity index (χ1) is 29.1. The summed E-state index contributed by atoms with van der Waals surface area (Å²) in [5.74, 6) is -2.07. The standard InChI is InChI=1S/C51H83NO8/c1-6-8-10-12-14-15-16-17-18-19-20-21-22-23-24-25-26-27-28-29-30-31-32-33-34-35-36-38-40-42-49(54)60-47(45-58-48(53)41-39-37-13-11-9-7-2)46-59-51(50(55)56)57-44-43-52(3,4)5/h8,10,14-15,17-18,20-21,23-24,26-27,29-30,32-33,47,51H,6-7,9,11-13,16,19,22,25,28,31,34-46H2,1-5H3/p+1/b10-8-,15-14-,18-17-,21-20-,24-23-,27-26-,30-29-,33-32-. The van der Waals surface area contributed by atoms with Crippen LogP contribution in [0.5, 0.6) is 0 Å². The largest absolute Gasteiger partial charge is 0.477 e. The number of esters is 2. The number of carbonyl (C=O) groups excluding carboxylic acids is 2. The molecule has 0 bridgehead atoms. The van der Waals surface area contributed by atoms with Crippen molar-refractivity contribution in [3.05, 3.63) is 97.2 Å². The molecule has 0 aromatic heterocycles. The third-order valence-corrected chi connectivity index (χ3v) is 9.11. The van der Waals surface area contributed by atoms with Crippen LogP contribution >= 0.6 is 0 Å². The second-order valence-corrected chi connectivity index (χ2v) is 16.0. The number of quaternary nitrogens is 1. The molecule has 0 saturated carbocycles. The lowest BCUT2D eigenvalue weighted by Crippen LogP contribution is -2.40. The van der Waals surface area contributed by atoms with Gasteiger partial charge < -0.3 is 28.5 Å². The molecule has 0 aliphatic rings. The number of likely N-dealkylation sites (N-methyl/N-ethyl adjacent to an activating group) is 1. The van der Waals surface area contributed by atoms with E-state index in [1.807, 2.05) is 21.1 Å². The first-order valence-electron chi connectivity index (χ1n) is 22.9. The van der Waals surface area contributed by atoms with Crippen molar-refractivity contribution in [3.8, 4) is 0 Å². The van der Waals surface area contributed by atoms with Crippen LogP contribution in [0.15, 0.2) is 97.2 Å². The van der Waals surface area contributed by atoms with Gasteiger partial charge in [0.15, 0.2) is 6.10 Å². The molecule has 1 N–H and O–H groups in total. The molecular weight excluding hydrogens is 755 g/mol.